The van der Waals surface area contributed by atoms with Crippen LogP contribution in [-0.2, 0) is 65.5 Å². The lowest BCUT2D eigenvalue weighted by Gasteiger charge is -2.28. The average molecular weight is 1040 g/mol. The molecule has 0 aromatic heterocycles. The Bertz CT molecular complexity index is 2430. The Morgan fingerprint density at radius 3 is 1.99 bits per heavy atom. The van der Waals surface area contributed by atoms with Gasteiger partial charge in [-0.05, 0) is 50.7 Å². The van der Waals surface area contributed by atoms with Crippen molar-refractivity contribution in [3.8, 4) is 0 Å². The lowest BCUT2D eigenvalue weighted by molar-refractivity contribution is -0.147. The number of carboxylic acids is 1. The van der Waals surface area contributed by atoms with Crippen LogP contribution in [0.25, 0.3) is 0 Å². The third-order valence-electron chi connectivity index (χ3n) is 12.7. The first kappa shape index (κ1) is 61.4. The van der Waals surface area contributed by atoms with E-state index in [0.717, 1.165) is 23.1 Å². The number of carboxylic acid groups (broad SMARTS) is 1. The number of hydrogen-bond donors (Lipinski definition) is 9. The fraction of sp³-hybridized carbons (Fsp3) is 0.472. The number of carbonyl (C=O) groups excluding carboxylic acids is 8. The highest BCUT2D eigenvalue weighted by Gasteiger charge is 2.37. The van der Waals surface area contributed by atoms with E-state index in [0.29, 0.717) is 12.0 Å². The van der Waals surface area contributed by atoms with Crippen LogP contribution in [0.4, 0.5) is 0 Å². The molecule has 1 fully saturated rings. The number of nitrogens with two attached hydrogens (primary N) is 2. The highest BCUT2D eigenvalue weighted by atomic mass is 16.5. The molecule has 22 heteroatoms. The summed E-state index contributed by atoms with van der Waals surface area (Å²) in [6.45, 7) is 11.5. The molecule has 0 bridgehead atoms. The van der Waals surface area contributed by atoms with Crippen LogP contribution in [-0.4, -0.2) is 139 Å². The van der Waals surface area contributed by atoms with Crippen molar-refractivity contribution < 1.29 is 57.7 Å². The van der Waals surface area contributed by atoms with E-state index in [4.69, 9.17) is 20.9 Å². The maximum atomic E-state index is 14.5. The molecule has 1 saturated heterocycles. The highest BCUT2D eigenvalue weighted by Crippen LogP contribution is 2.19. The van der Waals surface area contributed by atoms with Gasteiger partial charge in [0.15, 0.2) is 5.96 Å². The number of benzene rings is 2. The molecule has 2 aromatic rings. The van der Waals surface area contributed by atoms with Crippen LogP contribution in [0, 0.1) is 17.8 Å². The number of methoxy groups -OCH3 is 2. The van der Waals surface area contributed by atoms with Gasteiger partial charge in [0.1, 0.15) is 35.9 Å². The van der Waals surface area contributed by atoms with Crippen LogP contribution in [0.1, 0.15) is 71.4 Å². The number of ether oxygens (including phenoxy) is 2. The number of allylic oxidation sites excluding steroid dienone is 2. The van der Waals surface area contributed by atoms with Crippen molar-refractivity contribution in [1.29, 1.82) is 0 Å². The van der Waals surface area contributed by atoms with E-state index in [1.54, 1.807) is 49.6 Å². The molecule has 1 aliphatic rings. The van der Waals surface area contributed by atoms with Gasteiger partial charge in [0, 0.05) is 39.5 Å². The van der Waals surface area contributed by atoms with Gasteiger partial charge >= 0.3 is 11.9 Å². The predicted octanol–water partition coefficient (Wildman–Crippen LogP) is 0.903. The van der Waals surface area contributed by atoms with Gasteiger partial charge in [-0.1, -0.05) is 112 Å². The molecule has 0 saturated carbocycles. The zero-order chi connectivity index (χ0) is 55.9. The summed E-state index contributed by atoms with van der Waals surface area (Å²) < 4.78 is 10.8. The maximum absolute atomic E-state index is 14.5. The minimum absolute atomic E-state index is 0.0283. The van der Waals surface area contributed by atoms with Gasteiger partial charge in [-0.15, -0.1) is 0 Å². The topological polar surface area (TPSA) is 332 Å². The van der Waals surface area contributed by atoms with E-state index in [9.17, 15) is 48.3 Å². The molecule has 22 nitrogen and oxygen atoms in total. The van der Waals surface area contributed by atoms with Crippen molar-refractivity contribution in [2.24, 2.45) is 34.2 Å². The van der Waals surface area contributed by atoms with Gasteiger partial charge in [0.25, 0.3) is 5.91 Å². The normalized spacial score (nSPS) is 24.4. The fourth-order valence-electron chi connectivity index (χ4n) is 7.95. The summed E-state index contributed by atoms with van der Waals surface area (Å²) in [6, 6.07) is 9.59. The molecule has 1 aliphatic heterocycles. The second-order valence-electron chi connectivity index (χ2n) is 18.5. The van der Waals surface area contributed by atoms with Crippen molar-refractivity contribution in [3.63, 3.8) is 0 Å². The Morgan fingerprint density at radius 2 is 1.40 bits per heavy atom. The summed E-state index contributed by atoms with van der Waals surface area (Å²) in [6.07, 6.45) is 4.80. The lowest BCUT2D eigenvalue weighted by Crippen LogP contribution is -2.59. The number of nitrogens with one attached hydrogen (secondary N) is 6. The molecule has 1 heterocycles. The summed E-state index contributed by atoms with van der Waals surface area (Å²) in [4.78, 5) is 128. The number of rotatable bonds is 15. The Kier molecular flexibility index (Phi) is 24.9. The molecule has 0 aliphatic carbocycles. The number of esters is 1. The predicted molar refractivity (Wildman–Crippen MR) is 279 cm³/mol. The Labute approximate surface area is 437 Å². The van der Waals surface area contributed by atoms with E-state index < -0.39 is 108 Å². The van der Waals surface area contributed by atoms with Crippen LogP contribution in [0.2, 0.25) is 0 Å². The first-order valence-electron chi connectivity index (χ1n) is 24.6. The van der Waals surface area contributed by atoms with E-state index in [1.165, 1.54) is 27.8 Å². The fourth-order valence-corrected chi connectivity index (χ4v) is 7.95. The summed E-state index contributed by atoms with van der Waals surface area (Å²) >= 11 is 0. The van der Waals surface area contributed by atoms with Crippen molar-refractivity contribution in [3.05, 3.63) is 108 Å². The second kappa shape index (κ2) is 30.3. The molecule has 75 heavy (non-hydrogen) atoms. The van der Waals surface area contributed by atoms with Crippen LogP contribution in [0.5, 0.6) is 0 Å². The van der Waals surface area contributed by atoms with Crippen molar-refractivity contribution in [2.75, 3.05) is 27.8 Å². The first-order valence-corrected chi connectivity index (χ1v) is 24.6. The first-order chi connectivity index (χ1) is 35.5. The largest absolute Gasteiger partial charge is 0.480 e. The van der Waals surface area contributed by atoms with E-state index in [2.05, 4.69) is 43.5 Å². The van der Waals surface area contributed by atoms with Gasteiger partial charge < -0.3 is 62.8 Å². The summed E-state index contributed by atoms with van der Waals surface area (Å²) in [5.74, 6) is -11.6. The molecule has 0 spiro atoms. The minimum Gasteiger partial charge on any atom is -0.480 e. The van der Waals surface area contributed by atoms with E-state index in [-0.39, 0.29) is 55.9 Å². The highest BCUT2D eigenvalue weighted by molar-refractivity contribution is 6.00. The van der Waals surface area contributed by atoms with Crippen molar-refractivity contribution in [1.82, 2.24) is 36.8 Å². The molecule has 10 atom stereocenters. The summed E-state index contributed by atoms with van der Waals surface area (Å²) in [5, 5.41) is 25.8. The molecule has 10 unspecified atom stereocenters. The summed E-state index contributed by atoms with van der Waals surface area (Å²) in [7, 11) is 3.96. The molecule has 0 radical (unpaired) electrons. The average Bonchev–Trinajstić information content (AvgIpc) is 3.38. The monoisotopic (exact) mass is 1040 g/mol. The third-order valence-corrected chi connectivity index (χ3v) is 12.7. The molecule has 2 aromatic carbocycles. The molecule has 11 N–H and O–H groups in total. The number of likely N-dealkylation sites (N-methyl/N-ethyl adjacent to an activating group) is 1. The smallest absolute Gasteiger partial charge is 0.328 e. The van der Waals surface area contributed by atoms with Crippen LogP contribution < -0.4 is 43.4 Å². The third kappa shape index (κ3) is 19.8. The Hall–Kier alpha value is -7.88. The van der Waals surface area contributed by atoms with Gasteiger partial charge in [-0.3, -0.25) is 38.6 Å². The van der Waals surface area contributed by atoms with Crippen LogP contribution >= 0.6 is 0 Å². The Morgan fingerprint density at radius 1 is 0.813 bits per heavy atom. The number of hydrogen-bond acceptors (Lipinski definition) is 12. The molecule has 7 amide bonds. The zero-order valence-corrected chi connectivity index (χ0v) is 43.9. The number of amides is 7. The zero-order valence-electron chi connectivity index (χ0n) is 43.9. The number of guanidine groups is 1. The van der Waals surface area contributed by atoms with Gasteiger partial charge in [0.2, 0.25) is 35.4 Å². The standard InChI is InChI=1S/C53H74N10O12/c1-30(27-31(2)42(74-8)29-37-19-14-11-15-20-37)22-23-38-32(3)45(65)60-40(52(73)75-9)24-25-43(64)63(7)35(6)48(68)57-34(5)47(67)61-41(28-36-17-12-10-13-18-36)50(70)62-44(51(71)72)33(4)46(66)59-39(49(69)58-38)21-16-26-56-53(54)55/h10-15,17-20,22-23,27,31-34,38-42,44H,6,16,21,24-26,28-29H2,1-5,7-9H3,(H,57,68)(H,58,69)(H,59,66)(H,60,65)(H,61,67)(H,62,70)(H,71,72)(H4,54,55,56). The number of nitrogens with zero attached hydrogens (tertiary/aromatic N) is 2. The quantitative estimate of drug-likeness (QED) is 0.0299. The number of aliphatic imine (C=N–C) groups is 1. The van der Waals surface area contributed by atoms with E-state index in [1.807, 2.05) is 50.3 Å². The van der Waals surface area contributed by atoms with Gasteiger partial charge in [-0.2, -0.15) is 0 Å². The SMILES string of the molecule is C=C1C(=O)NC(C)C(=O)NC(Cc2ccccc2)C(=O)NC(C(=O)O)C(C)C(=O)NC(CCCN=C(N)N)C(=O)NC(C=CC(C)=CC(C)C(Cc2ccccc2)OC)C(C)C(=O)NC(C(=O)OC)CCC(=O)N1C. The van der Waals surface area contributed by atoms with Gasteiger partial charge in [0.05, 0.1) is 31.1 Å². The second-order valence-corrected chi connectivity index (χ2v) is 18.5. The molecular weight excluding hydrogens is 969 g/mol. The van der Waals surface area contributed by atoms with Crippen LogP contribution in [0.15, 0.2) is 102 Å². The maximum Gasteiger partial charge on any atom is 0.328 e. The lowest BCUT2D eigenvalue weighted by atomic mass is 9.94. The van der Waals surface area contributed by atoms with Crippen molar-refractivity contribution >= 4 is 59.2 Å². The molecule has 408 valence electrons. The van der Waals surface area contributed by atoms with Crippen LogP contribution in [0.3, 0.4) is 0 Å². The minimum atomic E-state index is -1.91. The summed E-state index contributed by atoms with van der Waals surface area (Å²) in [5.41, 5.74) is 13.1. The van der Waals surface area contributed by atoms with E-state index >= 15 is 0 Å². The number of carbonyl (C=O) groups is 9. The molecule has 3 rings (SSSR count). The van der Waals surface area contributed by atoms with Gasteiger partial charge in [-0.25, -0.2) is 9.59 Å². The number of aliphatic carboxylic acids is 1. The Balaban J connectivity index is 2.15. The van der Waals surface area contributed by atoms with Crippen molar-refractivity contribution in [2.45, 2.75) is 115 Å². The molecular formula is C53H74N10O12.